The van der Waals surface area contributed by atoms with Crippen LogP contribution in [-0.4, -0.2) is 27.7 Å². The van der Waals surface area contributed by atoms with Gasteiger partial charge in [-0.25, -0.2) is 9.37 Å². The molecule has 1 heterocycles. The van der Waals surface area contributed by atoms with Gasteiger partial charge in [0.2, 0.25) is 11.8 Å². The van der Waals surface area contributed by atoms with Gasteiger partial charge in [0.15, 0.2) is 0 Å². The van der Waals surface area contributed by atoms with Gasteiger partial charge in [-0.3, -0.25) is 0 Å². The van der Waals surface area contributed by atoms with Gasteiger partial charge >= 0.3 is 0 Å². The molecular weight excluding hydrogens is 261 g/mol. The van der Waals surface area contributed by atoms with Crippen LogP contribution < -0.4 is 10.1 Å². The molecule has 1 aromatic heterocycles. The highest BCUT2D eigenvalue weighted by Gasteiger charge is 2.07. The van der Waals surface area contributed by atoms with E-state index in [1.165, 1.54) is 24.3 Å². The summed E-state index contributed by atoms with van der Waals surface area (Å²) in [4.78, 5) is 8.23. The molecule has 1 aromatic carbocycles. The van der Waals surface area contributed by atoms with Crippen LogP contribution in [0, 0.1) is 5.82 Å². The minimum absolute atomic E-state index is 0.00288. The van der Waals surface area contributed by atoms with Gasteiger partial charge in [0.1, 0.15) is 11.6 Å². The van der Waals surface area contributed by atoms with E-state index in [1.54, 1.807) is 12.3 Å². The minimum atomic E-state index is -0.323. The fraction of sp³-hybridized carbons (Fsp3) is 0.286. The van der Waals surface area contributed by atoms with Crippen molar-refractivity contribution in [3.63, 3.8) is 0 Å². The van der Waals surface area contributed by atoms with Crippen LogP contribution in [0.3, 0.4) is 0 Å². The lowest BCUT2D eigenvalue weighted by molar-refractivity contribution is 0.271. The summed E-state index contributed by atoms with van der Waals surface area (Å²) in [6.07, 6.45) is 2.31. The van der Waals surface area contributed by atoms with Crippen LogP contribution in [0.25, 0.3) is 0 Å². The van der Waals surface area contributed by atoms with Gasteiger partial charge in [-0.1, -0.05) is 6.92 Å². The van der Waals surface area contributed by atoms with E-state index in [0.717, 1.165) is 6.42 Å². The van der Waals surface area contributed by atoms with Crippen molar-refractivity contribution >= 4 is 5.95 Å². The molecule has 6 heteroatoms. The lowest BCUT2D eigenvalue weighted by atomic mass is 10.2. The Kier molecular flexibility index (Phi) is 4.84. The number of hydrogen-bond donors (Lipinski definition) is 2. The monoisotopic (exact) mass is 277 g/mol. The zero-order chi connectivity index (χ0) is 14.4. The SMILES string of the molecule is CC[C@@H](CO)Nc1nccc(Oc2ccc(F)cc2)n1. The van der Waals surface area contributed by atoms with Crippen molar-refractivity contribution in [2.24, 2.45) is 0 Å². The molecule has 106 valence electrons. The van der Waals surface area contributed by atoms with Crippen LogP contribution in [-0.2, 0) is 0 Å². The summed E-state index contributed by atoms with van der Waals surface area (Å²) in [5.74, 6) is 0.897. The highest BCUT2D eigenvalue weighted by Crippen LogP contribution is 2.20. The fourth-order valence-electron chi connectivity index (χ4n) is 1.55. The molecule has 2 aromatic rings. The summed E-state index contributed by atoms with van der Waals surface area (Å²) in [7, 11) is 0. The predicted molar refractivity (Wildman–Crippen MR) is 73.3 cm³/mol. The molecule has 2 rings (SSSR count). The van der Waals surface area contributed by atoms with Crippen molar-refractivity contribution < 1.29 is 14.2 Å². The van der Waals surface area contributed by atoms with E-state index >= 15 is 0 Å². The van der Waals surface area contributed by atoms with Gasteiger partial charge in [-0.2, -0.15) is 4.98 Å². The number of benzene rings is 1. The predicted octanol–water partition coefficient (Wildman–Crippen LogP) is 2.59. The van der Waals surface area contributed by atoms with Crippen LogP contribution in [0.1, 0.15) is 13.3 Å². The average molecular weight is 277 g/mol. The highest BCUT2D eigenvalue weighted by atomic mass is 19.1. The van der Waals surface area contributed by atoms with E-state index in [0.29, 0.717) is 17.6 Å². The third-order valence-electron chi connectivity index (χ3n) is 2.71. The Morgan fingerprint density at radius 3 is 2.70 bits per heavy atom. The van der Waals surface area contributed by atoms with E-state index in [-0.39, 0.29) is 18.5 Å². The van der Waals surface area contributed by atoms with E-state index < -0.39 is 0 Å². The average Bonchev–Trinajstić information content (AvgIpc) is 2.47. The van der Waals surface area contributed by atoms with Crippen LogP contribution in [0.15, 0.2) is 36.5 Å². The maximum atomic E-state index is 12.8. The summed E-state index contributed by atoms with van der Waals surface area (Å²) < 4.78 is 18.3. The van der Waals surface area contributed by atoms with Crippen LogP contribution in [0.5, 0.6) is 11.6 Å². The number of rotatable bonds is 6. The smallest absolute Gasteiger partial charge is 0.226 e. The molecule has 20 heavy (non-hydrogen) atoms. The largest absolute Gasteiger partial charge is 0.439 e. The number of aromatic nitrogens is 2. The molecule has 5 nitrogen and oxygen atoms in total. The molecule has 0 unspecified atom stereocenters. The highest BCUT2D eigenvalue weighted by molar-refractivity contribution is 5.32. The van der Waals surface area contributed by atoms with Gasteiger partial charge < -0.3 is 15.2 Å². The van der Waals surface area contributed by atoms with E-state index in [4.69, 9.17) is 9.84 Å². The molecule has 0 spiro atoms. The van der Waals surface area contributed by atoms with E-state index in [9.17, 15) is 4.39 Å². The Balaban J connectivity index is 2.07. The summed E-state index contributed by atoms with van der Waals surface area (Å²) >= 11 is 0. The molecular formula is C14H16FN3O2. The summed E-state index contributed by atoms with van der Waals surface area (Å²) in [5.41, 5.74) is 0. The first-order valence-electron chi connectivity index (χ1n) is 6.35. The number of aliphatic hydroxyl groups excluding tert-OH is 1. The topological polar surface area (TPSA) is 67.3 Å². The van der Waals surface area contributed by atoms with Crippen molar-refractivity contribution in [1.82, 2.24) is 9.97 Å². The normalized spacial score (nSPS) is 11.9. The Bertz CT molecular complexity index is 544. The van der Waals surface area contributed by atoms with Crippen molar-refractivity contribution in [2.75, 3.05) is 11.9 Å². The molecule has 0 saturated heterocycles. The lowest BCUT2D eigenvalue weighted by Gasteiger charge is -2.14. The first-order chi connectivity index (χ1) is 9.71. The molecule has 0 bridgehead atoms. The van der Waals surface area contributed by atoms with Crippen molar-refractivity contribution in [2.45, 2.75) is 19.4 Å². The van der Waals surface area contributed by atoms with E-state index in [2.05, 4.69) is 15.3 Å². The van der Waals surface area contributed by atoms with Gasteiger partial charge in [0, 0.05) is 12.3 Å². The maximum absolute atomic E-state index is 12.8. The second kappa shape index (κ2) is 6.81. The summed E-state index contributed by atoms with van der Waals surface area (Å²) in [6, 6.07) is 7.17. The first-order valence-corrected chi connectivity index (χ1v) is 6.35. The van der Waals surface area contributed by atoms with Crippen molar-refractivity contribution in [3.8, 4) is 11.6 Å². The third-order valence-corrected chi connectivity index (χ3v) is 2.71. The van der Waals surface area contributed by atoms with Gasteiger partial charge in [0.05, 0.1) is 12.6 Å². The Morgan fingerprint density at radius 1 is 1.30 bits per heavy atom. The number of nitrogens with zero attached hydrogens (tertiary/aromatic N) is 2. The molecule has 0 aliphatic heterocycles. The number of ether oxygens (including phenoxy) is 1. The molecule has 2 N–H and O–H groups in total. The number of nitrogens with one attached hydrogen (secondary N) is 1. The second-order valence-corrected chi connectivity index (χ2v) is 4.21. The standard InChI is InChI=1S/C14H16FN3O2/c1-2-11(9-19)17-14-16-8-7-13(18-14)20-12-5-3-10(15)4-6-12/h3-8,11,19H,2,9H2,1H3,(H,16,17,18)/t11-/m0/s1. The minimum Gasteiger partial charge on any atom is -0.439 e. The van der Waals surface area contributed by atoms with Gasteiger partial charge in [-0.15, -0.1) is 0 Å². The maximum Gasteiger partial charge on any atom is 0.226 e. The molecule has 0 aliphatic carbocycles. The quantitative estimate of drug-likeness (QED) is 0.849. The molecule has 0 amide bonds. The molecule has 0 aliphatic rings. The third kappa shape index (κ3) is 3.89. The zero-order valence-corrected chi connectivity index (χ0v) is 11.1. The summed E-state index contributed by atoms with van der Waals surface area (Å²) in [6.45, 7) is 1.95. The Labute approximate surface area is 116 Å². The number of anilines is 1. The van der Waals surface area contributed by atoms with Crippen molar-refractivity contribution in [1.29, 1.82) is 0 Å². The van der Waals surface area contributed by atoms with Crippen LogP contribution in [0.4, 0.5) is 10.3 Å². The van der Waals surface area contributed by atoms with Crippen LogP contribution >= 0.6 is 0 Å². The Hall–Kier alpha value is -2.21. The van der Waals surface area contributed by atoms with E-state index in [1.807, 2.05) is 6.92 Å². The molecule has 1 atom stereocenters. The molecule has 0 saturated carbocycles. The van der Waals surface area contributed by atoms with Gasteiger partial charge in [-0.05, 0) is 30.7 Å². The first kappa shape index (κ1) is 14.2. The zero-order valence-electron chi connectivity index (χ0n) is 11.1. The number of halogens is 1. The fourth-order valence-corrected chi connectivity index (χ4v) is 1.55. The van der Waals surface area contributed by atoms with Crippen molar-refractivity contribution in [3.05, 3.63) is 42.3 Å². The lowest BCUT2D eigenvalue weighted by Crippen LogP contribution is -2.23. The van der Waals surface area contributed by atoms with Gasteiger partial charge in [0.25, 0.3) is 0 Å². The molecule has 0 fully saturated rings. The second-order valence-electron chi connectivity index (χ2n) is 4.21. The van der Waals surface area contributed by atoms with Crippen LogP contribution in [0.2, 0.25) is 0 Å². The Morgan fingerprint density at radius 2 is 2.05 bits per heavy atom. The molecule has 0 radical (unpaired) electrons. The number of aliphatic hydroxyl groups is 1. The number of hydrogen-bond acceptors (Lipinski definition) is 5. The summed E-state index contributed by atoms with van der Waals surface area (Å²) in [5, 5.41) is 12.1.